The van der Waals surface area contributed by atoms with Crippen LogP contribution < -0.4 is 0 Å². The van der Waals surface area contributed by atoms with Gasteiger partial charge < -0.3 is 21.4 Å². The molecule has 5 aromatic rings. The number of pyridine rings is 2. The maximum Gasteiger partial charge on any atom is 3.00 e. The maximum absolute atomic E-state index is 13.9. The van der Waals surface area contributed by atoms with E-state index < -0.39 is 11.6 Å². The van der Waals surface area contributed by atoms with Crippen LogP contribution in [0, 0.1) is 41.4 Å². The van der Waals surface area contributed by atoms with Crippen molar-refractivity contribution in [1.82, 2.24) is 19.5 Å². The normalized spacial score (nSPS) is 9.61. The van der Waals surface area contributed by atoms with Gasteiger partial charge in [-0.2, -0.15) is 0 Å². The first-order chi connectivity index (χ1) is 17.0. The average molecular weight is 661 g/mol. The standard InChI is InChI=1S/C15H10F2N3.C11H7FN.CN.Ir/c1-20-7-6-19-15(20)11-8-10(12(16)9-13(11)17)14-4-2-3-5-18-14;12-10-6-4-9(5-7-10)11-3-1-2-8-13-11;1-2;/h2-7,9H,1H3;1-4,6-8H;;/q3*-1;+3. The zero-order valence-electron chi connectivity index (χ0n) is 18.8. The Balaban J connectivity index is 0.000000248. The molecule has 0 aliphatic heterocycles. The molecule has 9 heteroatoms. The first kappa shape index (κ1) is 28.1. The number of imidazole rings is 1. The summed E-state index contributed by atoms with van der Waals surface area (Å²) in [5.41, 5.74) is 2.27. The predicted octanol–water partition coefficient (Wildman–Crippen LogP) is 6.01. The fourth-order valence-corrected chi connectivity index (χ4v) is 3.05. The van der Waals surface area contributed by atoms with Gasteiger partial charge >= 0.3 is 20.1 Å². The van der Waals surface area contributed by atoms with E-state index in [-0.39, 0.29) is 37.0 Å². The van der Waals surface area contributed by atoms with Gasteiger partial charge in [0.15, 0.2) is 0 Å². The van der Waals surface area contributed by atoms with Gasteiger partial charge in [0.25, 0.3) is 0 Å². The van der Waals surface area contributed by atoms with E-state index >= 15 is 0 Å². The van der Waals surface area contributed by atoms with Crippen molar-refractivity contribution < 1.29 is 33.3 Å². The van der Waals surface area contributed by atoms with E-state index in [4.69, 9.17) is 11.8 Å². The topological polar surface area (TPSA) is 67.4 Å². The van der Waals surface area contributed by atoms with Crippen LogP contribution >= 0.6 is 0 Å². The molecule has 180 valence electrons. The molecule has 5 rings (SSSR count). The molecule has 0 radical (unpaired) electrons. The molecule has 0 spiro atoms. The number of benzene rings is 2. The fraction of sp³-hybridized carbons (Fsp3) is 0.0370. The van der Waals surface area contributed by atoms with Crippen molar-refractivity contribution in [1.29, 1.82) is 5.26 Å². The van der Waals surface area contributed by atoms with Gasteiger partial charge in [-0.25, -0.2) is 0 Å². The molecular formula is C27H17F3IrN5. The summed E-state index contributed by atoms with van der Waals surface area (Å²) in [7, 11) is 1.74. The van der Waals surface area contributed by atoms with E-state index in [0.29, 0.717) is 11.5 Å². The van der Waals surface area contributed by atoms with Crippen molar-refractivity contribution in [2.24, 2.45) is 7.05 Å². The van der Waals surface area contributed by atoms with Crippen molar-refractivity contribution in [2.45, 2.75) is 0 Å². The Kier molecular flexibility index (Phi) is 10.7. The quantitative estimate of drug-likeness (QED) is 0.223. The molecule has 0 N–H and O–H groups in total. The van der Waals surface area contributed by atoms with E-state index in [2.05, 4.69) is 27.1 Å². The molecule has 0 amide bonds. The summed E-state index contributed by atoms with van der Waals surface area (Å²) in [5, 5.41) is 6.25. The number of rotatable bonds is 3. The summed E-state index contributed by atoms with van der Waals surface area (Å²) in [6, 6.07) is 21.5. The van der Waals surface area contributed by atoms with Crippen LogP contribution in [0.2, 0.25) is 0 Å². The third kappa shape index (κ3) is 6.95. The molecule has 0 aliphatic carbocycles. The van der Waals surface area contributed by atoms with Gasteiger partial charge in [-0.15, -0.1) is 35.9 Å². The van der Waals surface area contributed by atoms with E-state index in [0.717, 1.165) is 17.3 Å². The molecule has 0 saturated carbocycles. The molecule has 2 aromatic carbocycles. The molecule has 3 heterocycles. The maximum atomic E-state index is 13.9. The molecule has 0 bridgehead atoms. The number of aryl methyl sites for hydroxylation is 1. The minimum atomic E-state index is -0.698. The van der Waals surface area contributed by atoms with Crippen LogP contribution in [-0.4, -0.2) is 19.5 Å². The van der Waals surface area contributed by atoms with Crippen molar-refractivity contribution in [3.8, 4) is 33.9 Å². The summed E-state index contributed by atoms with van der Waals surface area (Å²) in [5.74, 6) is -1.28. The van der Waals surface area contributed by atoms with E-state index in [1.54, 1.807) is 60.7 Å². The van der Waals surface area contributed by atoms with Gasteiger partial charge in [0.2, 0.25) is 0 Å². The number of hydrogen-bond donors (Lipinski definition) is 0. The minimum Gasteiger partial charge on any atom is -0.512 e. The van der Waals surface area contributed by atoms with Crippen LogP contribution in [0.25, 0.3) is 33.9 Å². The third-order valence-corrected chi connectivity index (χ3v) is 4.66. The summed E-state index contributed by atoms with van der Waals surface area (Å²) >= 11 is 0. The van der Waals surface area contributed by atoms with Gasteiger partial charge in [-0.05, 0) is 23.4 Å². The van der Waals surface area contributed by atoms with E-state index in [9.17, 15) is 13.2 Å². The first-order valence-electron chi connectivity index (χ1n) is 10.1. The van der Waals surface area contributed by atoms with Gasteiger partial charge in [0.1, 0.15) is 0 Å². The summed E-state index contributed by atoms with van der Waals surface area (Å²) in [4.78, 5) is 12.2. The van der Waals surface area contributed by atoms with Crippen LogP contribution in [-0.2, 0) is 27.2 Å². The Bertz CT molecular complexity index is 1390. The van der Waals surface area contributed by atoms with Crippen LogP contribution in [0.5, 0.6) is 0 Å². The smallest absolute Gasteiger partial charge is 0.512 e. The Morgan fingerprint density at radius 2 is 1.44 bits per heavy atom. The minimum absolute atomic E-state index is 0. The molecule has 3 aromatic heterocycles. The van der Waals surface area contributed by atoms with Crippen LogP contribution in [0.4, 0.5) is 13.2 Å². The molecule has 0 atom stereocenters. The Labute approximate surface area is 220 Å². The largest absolute Gasteiger partial charge is 3.00 e. The van der Waals surface area contributed by atoms with Crippen molar-refractivity contribution >= 4 is 0 Å². The van der Waals surface area contributed by atoms with Crippen LogP contribution in [0.1, 0.15) is 0 Å². The van der Waals surface area contributed by atoms with Crippen LogP contribution in [0.3, 0.4) is 0 Å². The van der Waals surface area contributed by atoms with Gasteiger partial charge in [-0.1, -0.05) is 35.9 Å². The number of nitrogens with zero attached hydrogens (tertiary/aromatic N) is 5. The zero-order valence-corrected chi connectivity index (χ0v) is 21.2. The number of halogens is 3. The van der Waals surface area contributed by atoms with Gasteiger partial charge in [0, 0.05) is 43.3 Å². The predicted molar refractivity (Wildman–Crippen MR) is 124 cm³/mol. The Morgan fingerprint density at radius 1 is 0.806 bits per heavy atom. The van der Waals surface area contributed by atoms with Crippen LogP contribution in [0.15, 0.2) is 85.5 Å². The summed E-state index contributed by atoms with van der Waals surface area (Å²) < 4.78 is 42.1. The monoisotopic (exact) mass is 661 g/mol. The summed E-state index contributed by atoms with van der Waals surface area (Å²) in [6.07, 6.45) is 6.48. The molecule has 0 unspecified atom stereocenters. The molecule has 0 aliphatic rings. The second kappa shape index (κ2) is 13.7. The van der Waals surface area contributed by atoms with Crippen molar-refractivity contribution in [3.05, 3.63) is 122 Å². The van der Waals surface area contributed by atoms with E-state index in [1.807, 2.05) is 18.2 Å². The fourth-order valence-electron chi connectivity index (χ4n) is 3.05. The Morgan fingerprint density at radius 3 is 1.97 bits per heavy atom. The molecule has 0 fully saturated rings. The molecule has 36 heavy (non-hydrogen) atoms. The molecule has 5 nitrogen and oxygen atoms in total. The second-order valence-electron chi connectivity index (χ2n) is 6.93. The van der Waals surface area contributed by atoms with E-state index in [1.165, 1.54) is 12.1 Å². The zero-order chi connectivity index (χ0) is 25.2. The number of aromatic nitrogens is 4. The SMILES string of the molecule is Cn1ccnc1-c1[c-]c(-c2ccccn2)c(F)cc1F.Fc1c[c-]c(-c2ccccn2)cc1.[C-]#N.[Ir+3]. The van der Waals surface area contributed by atoms with Gasteiger partial charge in [0.05, 0.1) is 17.5 Å². The molecule has 0 saturated heterocycles. The third-order valence-electron chi connectivity index (χ3n) is 4.66. The number of hydrogen-bond acceptors (Lipinski definition) is 4. The average Bonchev–Trinajstić information content (AvgIpc) is 3.33. The first-order valence-corrected chi connectivity index (χ1v) is 10.1. The molecular weight excluding hydrogens is 644 g/mol. The second-order valence-corrected chi connectivity index (χ2v) is 6.93. The van der Waals surface area contributed by atoms with Crippen molar-refractivity contribution in [3.63, 3.8) is 0 Å². The van der Waals surface area contributed by atoms with Gasteiger partial charge in [-0.3, -0.25) is 23.1 Å². The van der Waals surface area contributed by atoms with Crippen molar-refractivity contribution in [2.75, 3.05) is 0 Å². The summed E-state index contributed by atoms with van der Waals surface area (Å²) in [6.45, 7) is 4.75. The Hall–Kier alpha value is -4.12.